The van der Waals surface area contributed by atoms with E-state index in [1.54, 1.807) is 20.8 Å². The quantitative estimate of drug-likeness (QED) is 0.670. The van der Waals surface area contributed by atoms with E-state index in [-0.39, 0.29) is 6.04 Å². The average molecular weight is 436 g/mol. The first-order valence-corrected chi connectivity index (χ1v) is 13.1. The van der Waals surface area contributed by atoms with Gasteiger partial charge in [0.2, 0.25) is 10.0 Å². The normalized spacial score (nSPS) is 28.4. The molecule has 30 heavy (non-hydrogen) atoms. The van der Waals surface area contributed by atoms with Crippen molar-refractivity contribution < 1.29 is 8.42 Å². The van der Waals surface area contributed by atoms with E-state index >= 15 is 0 Å². The van der Waals surface area contributed by atoms with E-state index in [2.05, 4.69) is 53.1 Å². The van der Waals surface area contributed by atoms with Crippen LogP contribution in [-0.4, -0.2) is 38.8 Å². The van der Waals surface area contributed by atoms with Crippen LogP contribution in [0.15, 0.2) is 24.3 Å². The fourth-order valence-electron chi connectivity index (χ4n) is 4.83. The highest BCUT2D eigenvalue weighted by Crippen LogP contribution is 2.29. The maximum absolute atomic E-state index is 12.4. The Kier molecular flexibility index (Phi) is 7.39. The molecule has 0 bridgehead atoms. The summed E-state index contributed by atoms with van der Waals surface area (Å²) in [5.41, 5.74) is 2.51. The van der Waals surface area contributed by atoms with Gasteiger partial charge in [0, 0.05) is 37.1 Å². The van der Waals surface area contributed by atoms with Gasteiger partial charge in [-0.3, -0.25) is 0 Å². The summed E-state index contributed by atoms with van der Waals surface area (Å²) in [5.74, 6) is 2.09. The summed E-state index contributed by atoms with van der Waals surface area (Å²) >= 11 is 0. The van der Waals surface area contributed by atoms with Crippen LogP contribution in [-0.2, 0) is 10.0 Å². The van der Waals surface area contributed by atoms with E-state index in [1.807, 2.05) is 0 Å². The van der Waals surface area contributed by atoms with Crippen molar-refractivity contribution in [3.8, 4) is 0 Å². The molecule has 2 aliphatic rings. The highest BCUT2D eigenvalue weighted by Gasteiger charge is 2.32. The molecule has 1 saturated heterocycles. The van der Waals surface area contributed by atoms with Crippen LogP contribution in [0, 0.1) is 17.8 Å². The number of nitrogens with one attached hydrogen (secondary N) is 2. The maximum atomic E-state index is 12.4. The van der Waals surface area contributed by atoms with Gasteiger partial charge < -0.3 is 10.2 Å². The van der Waals surface area contributed by atoms with Gasteiger partial charge in [-0.1, -0.05) is 19.9 Å². The summed E-state index contributed by atoms with van der Waals surface area (Å²) in [6.45, 7) is 13.2. The van der Waals surface area contributed by atoms with E-state index < -0.39 is 14.8 Å². The summed E-state index contributed by atoms with van der Waals surface area (Å²) in [7, 11) is -3.26. The molecule has 0 radical (unpaired) electrons. The number of hydrogen-bond donors (Lipinski definition) is 2. The Balaban J connectivity index is 1.48. The van der Waals surface area contributed by atoms with Crippen LogP contribution in [0.3, 0.4) is 0 Å². The SMILES string of the molecule is CC1CC(C)CN(c2cccc(NCC3CCC(NS(=O)(=O)C(C)(C)C)CC3)c2)C1. The summed E-state index contributed by atoms with van der Waals surface area (Å²) in [4.78, 5) is 2.52. The predicted octanol–water partition coefficient (Wildman–Crippen LogP) is 4.86. The first-order valence-electron chi connectivity index (χ1n) is 11.6. The first kappa shape index (κ1) is 23.4. The lowest BCUT2D eigenvalue weighted by Gasteiger charge is -2.37. The second-order valence-corrected chi connectivity index (χ2v) is 13.2. The van der Waals surface area contributed by atoms with Gasteiger partial charge in [-0.05, 0) is 88.8 Å². The van der Waals surface area contributed by atoms with Gasteiger partial charge >= 0.3 is 0 Å². The summed E-state index contributed by atoms with van der Waals surface area (Å²) in [6.07, 6.45) is 5.29. The summed E-state index contributed by atoms with van der Waals surface area (Å²) in [5, 5.41) is 3.64. The Morgan fingerprint density at radius 3 is 2.27 bits per heavy atom. The van der Waals surface area contributed by atoms with Crippen molar-refractivity contribution in [2.24, 2.45) is 17.8 Å². The van der Waals surface area contributed by atoms with Crippen molar-refractivity contribution in [2.45, 2.75) is 77.5 Å². The van der Waals surface area contributed by atoms with Crippen LogP contribution in [0.5, 0.6) is 0 Å². The predicted molar refractivity (Wildman–Crippen MR) is 128 cm³/mol. The standard InChI is InChI=1S/C24H41N3O2S/c1-18-13-19(2)17-27(16-18)23-8-6-7-22(14-23)25-15-20-9-11-21(12-10-20)26-30(28,29)24(3,4)5/h6-8,14,18-21,25-26H,9-13,15-17H2,1-5H3. The maximum Gasteiger partial charge on any atom is 0.216 e. The second-order valence-electron chi connectivity index (χ2n) is 10.7. The third-order valence-electron chi connectivity index (χ3n) is 6.65. The highest BCUT2D eigenvalue weighted by molar-refractivity contribution is 7.90. The molecule has 1 aliphatic carbocycles. The summed E-state index contributed by atoms with van der Waals surface area (Å²) < 4.78 is 27.0. The Morgan fingerprint density at radius 2 is 1.67 bits per heavy atom. The van der Waals surface area contributed by atoms with Crippen LogP contribution >= 0.6 is 0 Å². The lowest BCUT2D eigenvalue weighted by atomic mass is 9.86. The Bertz CT molecular complexity index is 785. The van der Waals surface area contributed by atoms with Gasteiger partial charge in [-0.25, -0.2) is 13.1 Å². The number of nitrogens with zero attached hydrogens (tertiary/aromatic N) is 1. The van der Waals surface area contributed by atoms with Crippen LogP contribution in [0.4, 0.5) is 11.4 Å². The number of piperidine rings is 1. The molecule has 170 valence electrons. The van der Waals surface area contributed by atoms with Gasteiger partial charge in [-0.2, -0.15) is 0 Å². The van der Waals surface area contributed by atoms with Crippen molar-refractivity contribution >= 4 is 21.4 Å². The van der Waals surface area contributed by atoms with Gasteiger partial charge in [0.05, 0.1) is 4.75 Å². The zero-order valence-corrected chi connectivity index (χ0v) is 20.3. The fraction of sp³-hybridized carbons (Fsp3) is 0.750. The topological polar surface area (TPSA) is 61.4 Å². The van der Waals surface area contributed by atoms with E-state index in [4.69, 9.17) is 0 Å². The molecule has 1 aliphatic heterocycles. The third kappa shape index (κ3) is 6.13. The van der Waals surface area contributed by atoms with Gasteiger partial charge in [0.1, 0.15) is 0 Å². The first-order chi connectivity index (χ1) is 14.0. The lowest BCUT2D eigenvalue weighted by molar-refractivity contribution is 0.322. The van der Waals surface area contributed by atoms with Gasteiger partial charge in [0.25, 0.3) is 0 Å². The van der Waals surface area contributed by atoms with E-state index in [0.29, 0.717) is 5.92 Å². The molecule has 1 saturated carbocycles. The Labute approximate surface area is 184 Å². The third-order valence-corrected chi connectivity index (χ3v) is 8.91. The van der Waals surface area contributed by atoms with E-state index in [1.165, 1.54) is 17.8 Å². The molecule has 0 amide bonds. The molecule has 3 rings (SSSR count). The molecule has 2 atom stereocenters. The van der Waals surface area contributed by atoms with Gasteiger partial charge in [0.15, 0.2) is 0 Å². The van der Waals surface area contributed by atoms with Crippen LogP contribution in [0.2, 0.25) is 0 Å². The fourth-order valence-corrected chi connectivity index (χ4v) is 5.86. The smallest absolute Gasteiger partial charge is 0.216 e. The monoisotopic (exact) mass is 435 g/mol. The molecule has 2 N–H and O–H groups in total. The zero-order chi connectivity index (χ0) is 21.9. The molecule has 5 nitrogen and oxygen atoms in total. The molecule has 2 unspecified atom stereocenters. The van der Waals surface area contributed by atoms with Crippen molar-refractivity contribution in [1.29, 1.82) is 0 Å². The number of hydrogen-bond acceptors (Lipinski definition) is 4. The minimum Gasteiger partial charge on any atom is -0.385 e. The van der Waals surface area contributed by atoms with E-state index in [0.717, 1.165) is 57.2 Å². The van der Waals surface area contributed by atoms with Crippen LogP contribution in [0.1, 0.15) is 66.7 Å². The molecular weight excluding hydrogens is 394 g/mol. The molecule has 0 spiro atoms. The molecular formula is C24H41N3O2S. The average Bonchev–Trinajstić information content (AvgIpc) is 2.66. The van der Waals surface area contributed by atoms with Crippen molar-refractivity contribution in [3.63, 3.8) is 0 Å². The van der Waals surface area contributed by atoms with Crippen LogP contribution < -0.4 is 14.9 Å². The van der Waals surface area contributed by atoms with Crippen molar-refractivity contribution in [1.82, 2.24) is 4.72 Å². The Morgan fingerprint density at radius 1 is 1.03 bits per heavy atom. The second kappa shape index (κ2) is 9.47. The molecule has 1 aromatic rings. The van der Waals surface area contributed by atoms with Gasteiger partial charge in [-0.15, -0.1) is 0 Å². The van der Waals surface area contributed by atoms with E-state index in [9.17, 15) is 8.42 Å². The molecule has 1 heterocycles. The minimum atomic E-state index is -3.26. The zero-order valence-electron chi connectivity index (χ0n) is 19.4. The van der Waals surface area contributed by atoms with Crippen molar-refractivity contribution in [3.05, 3.63) is 24.3 Å². The number of anilines is 2. The van der Waals surface area contributed by atoms with Crippen molar-refractivity contribution in [2.75, 3.05) is 29.9 Å². The Hall–Kier alpha value is -1.27. The molecule has 0 aromatic heterocycles. The number of rotatable bonds is 6. The number of benzene rings is 1. The van der Waals surface area contributed by atoms with Crippen LogP contribution in [0.25, 0.3) is 0 Å². The molecule has 2 fully saturated rings. The summed E-state index contributed by atoms with van der Waals surface area (Å²) in [6, 6.07) is 8.90. The molecule has 1 aromatic carbocycles. The minimum absolute atomic E-state index is 0.0804. The highest BCUT2D eigenvalue weighted by atomic mass is 32.2. The lowest BCUT2D eigenvalue weighted by Crippen LogP contribution is -2.46. The molecule has 6 heteroatoms. The number of sulfonamides is 1. The largest absolute Gasteiger partial charge is 0.385 e.